The highest BCUT2D eigenvalue weighted by Crippen LogP contribution is 2.23. The van der Waals surface area contributed by atoms with Gasteiger partial charge in [-0.15, -0.1) is 17.5 Å². The number of amides is 1. The van der Waals surface area contributed by atoms with E-state index in [4.69, 9.17) is 16.2 Å². The van der Waals surface area contributed by atoms with Crippen molar-refractivity contribution in [2.75, 3.05) is 19.8 Å². The fourth-order valence-electron chi connectivity index (χ4n) is 1.66. The topological polar surface area (TPSA) is 109 Å². The molecule has 1 aromatic heterocycles. The van der Waals surface area contributed by atoms with Crippen LogP contribution in [0.3, 0.4) is 0 Å². The second-order valence-corrected chi connectivity index (χ2v) is 3.55. The predicted octanol–water partition coefficient (Wildman–Crippen LogP) is -1.05. The molecule has 0 bridgehead atoms. The summed E-state index contributed by atoms with van der Waals surface area (Å²) in [5, 5.41) is 7.52. The summed E-state index contributed by atoms with van der Waals surface area (Å²) < 4.78 is 6.90. The summed E-state index contributed by atoms with van der Waals surface area (Å²) >= 11 is 0. The highest BCUT2D eigenvalue weighted by atomic mass is 35.5. The van der Waals surface area contributed by atoms with E-state index in [0.717, 1.165) is 0 Å². The molecular formula is C8H14ClN5O2. The number of rotatable bonds is 3. The van der Waals surface area contributed by atoms with Crippen molar-refractivity contribution in [1.29, 1.82) is 0 Å². The van der Waals surface area contributed by atoms with E-state index in [1.54, 1.807) is 4.68 Å². The molecule has 0 unspecified atom stereocenters. The fraction of sp³-hybridized carbons (Fsp3) is 0.625. The minimum atomic E-state index is -0.579. The maximum Gasteiger partial charge on any atom is 0.270 e. The van der Waals surface area contributed by atoms with Gasteiger partial charge in [0.25, 0.3) is 5.91 Å². The van der Waals surface area contributed by atoms with Gasteiger partial charge < -0.3 is 16.2 Å². The molecule has 0 spiro atoms. The van der Waals surface area contributed by atoms with Crippen LogP contribution in [0.15, 0.2) is 6.20 Å². The average molecular weight is 248 g/mol. The quantitative estimate of drug-likeness (QED) is 0.708. The summed E-state index contributed by atoms with van der Waals surface area (Å²) in [6.45, 7) is 1.69. The molecular weight excluding hydrogens is 234 g/mol. The lowest BCUT2D eigenvalue weighted by Gasteiger charge is -2.14. The van der Waals surface area contributed by atoms with E-state index in [0.29, 0.717) is 19.8 Å². The number of carbonyl (C=O) groups excluding carboxylic acids is 1. The van der Waals surface area contributed by atoms with Crippen LogP contribution < -0.4 is 11.5 Å². The molecule has 8 heteroatoms. The van der Waals surface area contributed by atoms with Crippen LogP contribution in [0.1, 0.15) is 16.5 Å². The Balaban J connectivity index is 0.00000128. The third-order valence-corrected chi connectivity index (χ3v) is 2.57. The number of hydrogen-bond donors (Lipinski definition) is 2. The molecule has 7 nitrogen and oxygen atoms in total. The number of carbonyl (C=O) groups is 1. The van der Waals surface area contributed by atoms with Gasteiger partial charge in [0.1, 0.15) is 0 Å². The average Bonchev–Trinajstić information content (AvgIpc) is 2.85. The van der Waals surface area contributed by atoms with Gasteiger partial charge in [-0.05, 0) is 6.54 Å². The van der Waals surface area contributed by atoms with Crippen LogP contribution in [0.4, 0.5) is 0 Å². The molecule has 1 amide bonds. The fourth-order valence-corrected chi connectivity index (χ4v) is 1.66. The number of hydrogen-bond acceptors (Lipinski definition) is 5. The zero-order valence-electron chi connectivity index (χ0n) is 8.57. The summed E-state index contributed by atoms with van der Waals surface area (Å²) in [6.07, 6.45) is 1.53. The van der Waals surface area contributed by atoms with Crippen molar-refractivity contribution >= 4 is 18.3 Å². The van der Waals surface area contributed by atoms with Gasteiger partial charge in [0.2, 0.25) is 0 Å². The highest BCUT2D eigenvalue weighted by molar-refractivity contribution is 5.90. The molecule has 1 saturated heterocycles. The van der Waals surface area contributed by atoms with E-state index >= 15 is 0 Å². The summed E-state index contributed by atoms with van der Waals surface area (Å²) in [4.78, 5) is 10.8. The van der Waals surface area contributed by atoms with E-state index in [9.17, 15) is 4.79 Å². The van der Waals surface area contributed by atoms with E-state index in [-0.39, 0.29) is 30.1 Å². The van der Waals surface area contributed by atoms with E-state index in [1.165, 1.54) is 6.20 Å². The maximum atomic E-state index is 10.8. The van der Waals surface area contributed by atoms with Crippen LogP contribution in [0.25, 0.3) is 0 Å². The first-order valence-electron chi connectivity index (χ1n) is 4.72. The number of halogens is 1. The standard InChI is InChI=1S/C8H13N5O2.ClH/c9-1-5-3-15-4-7(5)13-2-6(8(10)14)11-12-13;/h2,5,7H,1,3-4,9H2,(H2,10,14);1H/t5-,7-;/m1./s1. The van der Waals surface area contributed by atoms with Crippen molar-refractivity contribution in [3.63, 3.8) is 0 Å². The molecule has 2 atom stereocenters. The molecule has 0 aliphatic carbocycles. The van der Waals surface area contributed by atoms with Gasteiger partial charge in [-0.3, -0.25) is 4.79 Å². The molecule has 2 heterocycles. The number of aromatic nitrogens is 3. The lowest BCUT2D eigenvalue weighted by Crippen LogP contribution is -2.25. The number of nitrogens with two attached hydrogens (primary N) is 2. The van der Waals surface area contributed by atoms with Gasteiger partial charge in [0.15, 0.2) is 5.69 Å². The number of nitrogens with zero attached hydrogens (tertiary/aromatic N) is 3. The monoisotopic (exact) mass is 247 g/mol. The Bertz CT molecular complexity index is 369. The van der Waals surface area contributed by atoms with Gasteiger partial charge in [-0.2, -0.15) is 0 Å². The molecule has 90 valence electrons. The number of primary amides is 1. The van der Waals surface area contributed by atoms with Gasteiger partial charge >= 0.3 is 0 Å². The lowest BCUT2D eigenvalue weighted by molar-refractivity contribution is 0.0995. The van der Waals surface area contributed by atoms with E-state index in [2.05, 4.69) is 10.3 Å². The molecule has 0 radical (unpaired) electrons. The van der Waals surface area contributed by atoms with Crippen molar-refractivity contribution in [2.45, 2.75) is 6.04 Å². The first kappa shape index (κ1) is 12.9. The van der Waals surface area contributed by atoms with Crippen molar-refractivity contribution in [3.8, 4) is 0 Å². The normalized spacial score (nSPS) is 24.1. The van der Waals surface area contributed by atoms with E-state index < -0.39 is 5.91 Å². The van der Waals surface area contributed by atoms with Crippen molar-refractivity contribution < 1.29 is 9.53 Å². The Morgan fingerprint density at radius 1 is 1.62 bits per heavy atom. The molecule has 1 aromatic rings. The van der Waals surface area contributed by atoms with Crippen LogP contribution >= 0.6 is 12.4 Å². The smallest absolute Gasteiger partial charge is 0.270 e. The zero-order chi connectivity index (χ0) is 10.8. The molecule has 1 aliphatic rings. The third kappa shape index (κ3) is 2.31. The second-order valence-electron chi connectivity index (χ2n) is 3.55. The Morgan fingerprint density at radius 3 is 2.94 bits per heavy atom. The van der Waals surface area contributed by atoms with E-state index in [1.807, 2.05) is 0 Å². The van der Waals surface area contributed by atoms with Crippen LogP contribution in [-0.4, -0.2) is 40.7 Å². The SMILES string of the molecule is Cl.NC[C@@H]1COC[C@H]1n1cc(C(N)=O)nn1. The van der Waals surface area contributed by atoms with Gasteiger partial charge in [0, 0.05) is 5.92 Å². The molecule has 0 aromatic carbocycles. The van der Waals surface area contributed by atoms with Gasteiger partial charge in [-0.25, -0.2) is 4.68 Å². The summed E-state index contributed by atoms with van der Waals surface area (Å²) in [5.74, 6) is -0.364. The van der Waals surface area contributed by atoms with Crippen LogP contribution in [-0.2, 0) is 4.74 Å². The highest BCUT2D eigenvalue weighted by Gasteiger charge is 2.29. The molecule has 16 heavy (non-hydrogen) atoms. The first-order chi connectivity index (χ1) is 7.22. The predicted molar refractivity (Wildman–Crippen MR) is 58.2 cm³/mol. The van der Waals surface area contributed by atoms with Gasteiger partial charge in [-0.1, -0.05) is 5.21 Å². The minimum Gasteiger partial charge on any atom is -0.379 e. The molecule has 0 saturated carbocycles. The Hall–Kier alpha value is -1.18. The lowest BCUT2D eigenvalue weighted by atomic mass is 10.0. The third-order valence-electron chi connectivity index (χ3n) is 2.57. The number of ether oxygens (including phenoxy) is 1. The van der Waals surface area contributed by atoms with Crippen LogP contribution in [0, 0.1) is 5.92 Å². The summed E-state index contributed by atoms with van der Waals surface area (Å²) in [7, 11) is 0. The molecule has 1 fully saturated rings. The maximum absolute atomic E-state index is 10.8. The Labute approximate surface area is 98.5 Å². The van der Waals surface area contributed by atoms with Crippen LogP contribution in [0.5, 0.6) is 0 Å². The molecule has 4 N–H and O–H groups in total. The summed E-state index contributed by atoms with van der Waals surface area (Å²) in [5.41, 5.74) is 10.8. The second kappa shape index (κ2) is 5.24. The molecule has 2 rings (SSSR count). The Kier molecular flexibility index (Phi) is 4.22. The minimum absolute atomic E-state index is 0. The molecule has 1 aliphatic heterocycles. The largest absolute Gasteiger partial charge is 0.379 e. The van der Waals surface area contributed by atoms with Gasteiger partial charge in [0.05, 0.1) is 25.5 Å². The van der Waals surface area contributed by atoms with Crippen molar-refractivity contribution in [1.82, 2.24) is 15.0 Å². The van der Waals surface area contributed by atoms with Crippen molar-refractivity contribution in [2.24, 2.45) is 17.4 Å². The van der Waals surface area contributed by atoms with Crippen LogP contribution in [0.2, 0.25) is 0 Å². The first-order valence-corrected chi connectivity index (χ1v) is 4.72. The Morgan fingerprint density at radius 2 is 2.38 bits per heavy atom. The zero-order valence-corrected chi connectivity index (χ0v) is 9.39. The summed E-state index contributed by atoms with van der Waals surface area (Å²) in [6, 6.07) is 0.0515. The van der Waals surface area contributed by atoms with Crippen molar-refractivity contribution in [3.05, 3.63) is 11.9 Å².